The number of amides is 1. The molecule has 4 N–H and O–H groups in total. The largest absolute Gasteiger partial charge is 0.317 e. The molecular weight excluding hydrogens is 254 g/mol. The van der Waals surface area contributed by atoms with Crippen LogP contribution in [0.2, 0.25) is 0 Å². The minimum absolute atomic E-state index is 0.350. The summed E-state index contributed by atoms with van der Waals surface area (Å²) >= 11 is 0. The third kappa shape index (κ3) is 3.75. The van der Waals surface area contributed by atoms with E-state index in [1.165, 1.54) is 0 Å². The molecule has 6 nitrogen and oxygen atoms in total. The van der Waals surface area contributed by atoms with Gasteiger partial charge in [-0.2, -0.15) is 0 Å². The van der Waals surface area contributed by atoms with Crippen molar-refractivity contribution in [2.75, 3.05) is 19.6 Å². The molecule has 6 heteroatoms. The van der Waals surface area contributed by atoms with Gasteiger partial charge in [-0.3, -0.25) is 15.1 Å². The van der Waals surface area contributed by atoms with E-state index in [1.807, 2.05) is 12.1 Å². The Labute approximate surface area is 119 Å². The van der Waals surface area contributed by atoms with Gasteiger partial charge < -0.3 is 5.32 Å². The SMILES string of the molecule is CCN(Cc1cccc(C(=O)NN)n1)C1CCNCC1. The molecule has 1 aliphatic heterocycles. The lowest BCUT2D eigenvalue weighted by Gasteiger charge is -2.33. The molecule has 0 saturated carbocycles. The van der Waals surface area contributed by atoms with Gasteiger partial charge in [0.05, 0.1) is 5.69 Å². The number of hydrogen-bond acceptors (Lipinski definition) is 5. The second-order valence-electron chi connectivity index (χ2n) is 5.03. The third-order valence-electron chi connectivity index (χ3n) is 3.77. The van der Waals surface area contributed by atoms with E-state index in [-0.39, 0.29) is 5.91 Å². The molecular formula is C14H23N5O. The van der Waals surface area contributed by atoms with Gasteiger partial charge >= 0.3 is 0 Å². The first-order valence-corrected chi connectivity index (χ1v) is 7.16. The van der Waals surface area contributed by atoms with Crippen LogP contribution in [0.4, 0.5) is 0 Å². The number of carbonyl (C=O) groups is 1. The van der Waals surface area contributed by atoms with E-state index in [0.29, 0.717) is 11.7 Å². The van der Waals surface area contributed by atoms with Crippen LogP contribution in [-0.2, 0) is 6.54 Å². The Morgan fingerprint density at radius 2 is 2.25 bits per heavy atom. The maximum absolute atomic E-state index is 11.5. The van der Waals surface area contributed by atoms with Crippen LogP contribution in [0.15, 0.2) is 18.2 Å². The Morgan fingerprint density at radius 1 is 1.50 bits per heavy atom. The lowest BCUT2D eigenvalue weighted by Crippen LogP contribution is -2.42. The van der Waals surface area contributed by atoms with Gasteiger partial charge in [0.15, 0.2) is 0 Å². The summed E-state index contributed by atoms with van der Waals surface area (Å²) in [6, 6.07) is 6.07. The number of nitrogens with two attached hydrogens (primary N) is 1. The van der Waals surface area contributed by atoms with Gasteiger partial charge in [0.1, 0.15) is 5.69 Å². The highest BCUT2D eigenvalue weighted by Gasteiger charge is 2.20. The Morgan fingerprint density at radius 3 is 2.90 bits per heavy atom. The van der Waals surface area contributed by atoms with Crippen molar-refractivity contribution in [3.8, 4) is 0 Å². The van der Waals surface area contributed by atoms with Crippen molar-refractivity contribution in [2.24, 2.45) is 5.84 Å². The standard InChI is InChI=1S/C14H23N5O/c1-2-19(12-6-8-16-9-7-12)10-11-4-3-5-13(17-11)14(20)18-15/h3-5,12,16H,2,6-10,15H2,1H3,(H,18,20). The average molecular weight is 277 g/mol. The molecule has 0 unspecified atom stereocenters. The monoisotopic (exact) mass is 277 g/mol. The molecule has 1 saturated heterocycles. The van der Waals surface area contributed by atoms with Crippen molar-refractivity contribution in [1.82, 2.24) is 20.6 Å². The van der Waals surface area contributed by atoms with Crippen LogP contribution in [0, 0.1) is 0 Å². The maximum atomic E-state index is 11.5. The van der Waals surface area contributed by atoms with E-state index in [1.54, 1.807) is 6.07 Å². The summed E-state index contributed by atoms with van der Waals surface area (Å²) in [7, 11) is 0. The van der Waals surface area contributed by atoms with Crippen LogP contribution in [0.25, 0.3) is 0 Å². The number of rotatable bonds is 5. The van der Waals surface area contributed by atoms with Crippen molar-refractivity contribution in [2.45, 2.75) is 32.4 Å². The summed E-state index contributed by atoms with van der Waals surface area (Å²) in [4.78, 5) is 18.3. The van der Waals surface area contributed by atoms with E-state index >= 15 is 0 Å². The molecule has 0 aliphatic carbocycles. The Hall–Kier alpha value is -1.50. The Bertz CT molecular complexity index is 445. The zero-order valence-corrected chi connectivity index (χ0v) is 11.9. The number of nitrogens with one attached hydrogen (secondary N) is 2. The molecule has 2 heterocycles. The van der Waals surface area contributed by atoms with Crippen LogP contribution in [-0.4, -0.2) is 41.5 Å². The summed E-state index contributed by atoms with van der Waals surface area (Å²) in [6.07, 6.45) is 2.33. The molecule has 1 fully saturated rings. The lowest BCUT2D eigenvalue weighted by molar-refractivity contribution is 0.0948. The summed E-state index contributed by atoms with van der Waals surface area (Å²) in [5.74, 6) is 4.79. The highest BCUT2D eigenvalue weighted by Crippen LogP contribution is 2.14. The van der Waals surface area contributed by atoms with E-state index < -0.39 is 0 Å². The fraction of sp³-hybridized carbons (Fsp3) is 0.571. The highest BCUT2D eigenvalue weighted by atomic mass is 16.2. The molecule has 110 valence electrons. The molecule has 0 spiro atoms. The predicted octanol–water partition coefficient (Wildman–Crippen LogP) is 0.259. The number of piperidine rings is 1. The quantitative estimate of drug-likeness (QED) is 0.408. The molecule has 0 aromatic carbocycles. The van der Waals surface area contributed by atoms with Gasteiger partial charge in [0, 0.05) is 12.6 Å². The number of pyridine rings is 1. The number of carbonyl (C=O) groups excluding carboxylic acids is 1. The van der Waals surface area contributed by atoms with E-state index in [0.717, 1.165) is 44.7 Å². The summed E-state index contributed by atoms with van der Waals surface area (Å²) in [6.45, 7) is 6.07. The molecule has 1 aromatic heterocycles. The van der Waals surface area contributed by atoms with Gasteiger partial charge in [-0.1, -0.05) is 13.0 Å². The number of nitrogens with zero attached hydrogens (tertiary/aromatic N) is 2. The summed E-state index contributed by atoms with van der Waals surface area (Å²) in [5, 5.41) is 3.38. The average Bonchev–Trinajstić information content (AvgIpc) is 2.53. The van der Waals surface area contributed by atoms with Gasteiger partial charge in [0.2, 0.25) is 0 Å². The second kappa shape index (κ2) is 7.33. The number of hydrogen-bond donors (Lipinski definition) is 3. The fourth-order valence-electron chi connectivity index (χ4n) is 2.65. The van der Waals surface area contributed by atoms with Gasteiger partial charge in [0.25, 0.3) is 5.91 Å². The molecule has 20 heavy (non-hydrogen) atoms. The topological polar surface area (TPSA) is 83.3 Å². The molecule has 2 rings (SSSR count). The molecule has 1 aromatic rings. The van der Waals surface area contributed by atoms with Crippen molar-refractivity contribution in [1.29, 1.82) is 0 Å². The first-order chi connectivity index (χ1) is 9.74. The molecule has 1 amide bonds. The number of nitrogen functional groups attached to an aromatic ring is 1. The fourth-order valence-corrected chi connectivity index (χ4v) is 2.65. The molecule has 0 bridgehead atoms. The zero-order valence-electron chi connectivity index (χ0n) is 11.9. The molecule has 0 radical (unpaired) electrons. The van der Waals surface area contributed by atoms with Crippen LogP contribution in [0.3, 0.4) is 0 Å². The second-order valence-corrected chi connectivity index (χ2v) is 5.03. The summed E-state index contributed by atoms with van der Waals surface area (Å²) < 4.78 is 0. The van der Waals surface area contributed by atoms with Crippen LogP contribution >= 0.6 is 0 Å². The van der Waals surface area contributed by atoms with Crippen molar-refractivity contribution in [3.05, 3.63) is 29.6 Å². The van der Waals surface area contributed by atoms with E-state index in [9.17, 15) is 4.79 Å². The van der Waals surface area contributed by atoms with Gasteiger partial charge in [-0.05, 0) is 44.6 Å². The Kier molecular flexibility index (Phi) is 5.46. The minimum Gasteiger partial charge on any atom is -0.317 e. The first kappa shape index (κ1) is 14.9. The lowest BCUT2D eigenvalue weighted by atomic mass is 10.0. The minimum atomic E-state index is -0.350. The predicted molar refractivity (Wildman–Crippen MR) is 77.9 cm³/mol. The maximum Gasteiger partial charge on any atom is 0.283 e. The van der Waals surface area contributed by atoms with Gasteiger partial charge in [-0.25, -0.2) is 10.8 Å². The smallest absolute Gasteiger partial charge is 0.283 e. The molecule has 1 aliphatic rings. The number of aromatic nitrogens is 1. The van der Waals surface area contributed by atoms with Crippen molar-refractivity contribution in [3.63, 3.8) is 0 Å². The van der Waals surface area contributed by atoms with Crippen LogP contribution in [0.1, 0.15) is 35.9 Å². The van der Waals surface area contributed by atoms with E-state index in [2.05, 4.69) is 27.6 Å². The normalized spacial score (nSPS) is 16.4. The van der Waals surface area contributed by atoms with Crippen LogP contribution in [0.5, 0.6) is 0 Å². The highest BCUT2D eigenvalue weighted by molar-refractivity contribution is 5.91. The molecule has 0 atom stereocenters. The van der Waals surface area contributed by atoms with Gasteiger partial charge in [-0.15, -0.1) is 0 Å². The zero-order chi connectivity index (χ0) is 14.4. The van der Waals surface area contributed by atoms with Crippen LogP contribution < -0.4 is 16.6 Å². The first-order valence-electron chi connectivity index (χ1n) is 7.16. The van der Waals surface area contributed by atoms with E-state index in [4.69, 9.17) is 5.84 Å². The van der Waals surface area contributed by atoms with Crippen molar-refractivity contribution >= 4 is 5.91 Å². The third-order valence-corrected chi connectivity index (χ3v) is 3.77. The Balaban J connectivity index is 2.05. The number of hydrazine groups is 1. The summed E-state index contributed by atoms with van der Waals surface area (Å²) in [5.41, 5.74) is 3.39. The van der Waals surface area contributed by atoms with Crippen molar-refractivity contribution < 1.29 is 4.79 Å².